The molecule has 5 nitrogen and oxygen atoms in total. The number of fused-ring (bicyclic) bond motifs is 1. The van der Waals surface area contributed by atoms with Crippen molar-refractivity contribution in [1.82, 2.24) is 4.98 Å². The SMILES string of the molecule is [N-]=[N+]=NCc1c[nH]c2cc(OC3CCCC3)ccc12. The van der Waals surface area contributed by atoms with Crippen molar-refractivity contribution in [3.8, 4) is 5.75 Å². The normalized spacial score (nSPS) is 15.6. The van der Waals surface area contributed by atoms with Gasteiger partial charge in [0.2, 0.25) is 0 Å². The highest BCUT2D eigenvalue weighted by molar-refractivity contribution is 5.84. The maximum absolute atomic E-state index is 8.37. The Labute approximate surface area is 111 Å². The molecule has 1 aromatic carbocycles. The van der Waals surface area contributed by atoms with Crippen molar-refractivity contribution in [1.29, 1.82) is 0 Å². The second-order valence-electron chi connectivity index (χ2n) is 4.93. The quantitative estimate of drug-likeness (QED) is 0.494. The van der Waals surface area contributed by atoms with Gasteiger partial charge in [-0.25, -0.2) is 0 Å². The van der Waals surface area contributed by atoms with Crippen molar-refractivity contribution in [3.63, 3.8) is 0 Å². The first-order valence-electron chi connectivity index (χ1n) is 6.64. The highest BCUT2D eigenvalue weighted by Crippen LogP contribution is 2.28. The van der Waals surface area contributed by atoms with Gasteiger partial charge in [-0.2, -0.15) is 0 Å². The van der Waals surface area contributed by atoms with Gasteiger partial charge in [0.15, 0.2) is 0 Å². The molecule has 2 aromatic rings. The summed E-state index contributed by atoms with van der Waals surface area (Å²) in [5.41, 5.74) is 10.4. The smallest absolute Gasteiger partial charge is 0.121 e. The van der Waals surface area contributed by atoms with Gasteiger partial charge in [-0.05, 0) is 48.9 Å². The van der Waals surface area contributed by atoms with Crippen molar-refractivity contribution in [2.75, 3.05) is 0 Å². The summed E-state index contributed by atoms with van der Waals surface area (Å²) in [4.78, 5) is 5.99. The third kappa shape index (κ3) is 2.51. The minimum Gasteiger partial charge on any atom is -0.490 e. The maximum Gasteiger partial charge on any atom is 0.121 e. The average Bonchev–Trinajstić information content (AvgIpc) is 3.06. The lowest BCUT2D eigenvalue weighted by Gasteiger charge is -2.12. The minimum absolute atomic E-state index is 0.370. The van der Waals surface area contributed by atoms with Crippen LogP contribution in [0, 0.1) is 0 Å². The number of rotatable bonds is 4. The zero-order valence-electron chi connectivity index (χ0n) is 10.7. The van der Waals surface area contributed by atoms with Crippen LogP contribution in [0.1, 0.15) is 31.2 Å². The summed E-state index contributed by atoms with van der Waals surface area (Å²) in [6.07, 6.45) is 7.11. The molecule has 1 saturated carbocycles. The van der Waals surface area contributed by atoms with Crippen molar-refractivity contribution < 1.29 is 4.74 Å². The Hall–Kier alpha value is -2.13. The number of aromatic amines is 1. The zero-order valence-corrected chi connectivity index (χ0v) is 10.7. The molecule has 1 aliphatic carbocycles. The van der Waals surface area contributed by atoms with Gasteiger partial charge in [-0.15, -0.1) is 0 Å². The summed E-state index contributed by atoms with van der Waals surface area (Å²) in [5, 5.41) is 4.69. The second kappa shape index (κ2) is 5.24. The van der Waals surface area contributed by atoms with Gasteiger partial charge in [0.05, 0.1) is 12.6 Å². The molecule has 0 bridgehead atoms. The lowest BCUT2D eigenvalue weighted by Crippen LogP contribution is -2.10. The van der Waals surface area contributed by atoms with E-state index in [-0.39, 0.29) is 0 Å². The number of nitrogens with one attached hydrogen (secondary N) is 1. The maximum atomic E-state index is 8.37. The first-order valence-corrected chi connectivity index (χ1v) is 6.64. The Morgan fingerprint density at radius 1 is 1.37 bits per heavy atom. The number of hydrogen-bond acceptors (Lipinski definition) is 2. The third-order valence-corrected chi connectivity index (χ3v) is 3.65. The molecule has 0 unspecified atom stereocenters. The van der Waals surface area contributed by atoms with Gasteiger partial charge >= 0.3 is 0 Å². The van der Waals surface area contributed by atoms with E-state index in [2.05, 4.69) is 15.0 Å². The Kier molecular flexibility index (Phi) is 3.29. The molecule has 19 heavy (non-hydrogen) atoms. The monoisotopic (exact) mass is 256 g/mol. The molecule has 0 radical (unpaired) electrons. The third-order valence-electron chi connectivity index (χ3n) is 3.65. The van der Waals surface area contributed by atoms with Crippen LogP contribution in [0.15, 0.2) is 29.5 Å². The number of ether oxygens (including phenoxy) is 1. The van der Waals surface area contributed by atoms with E-state index in [0.29, 0.717) is 12.6 Å². The molecular weight excluding hydrogens is 240 g/mol. The molecule has 1 aromatic heterocycles. The van der Waals surface area contributed by atoms with Crippen LogP contribution in [0.3, 0.4) is 0 Å². The molecule has 3 rings (SSSR count). The number of H-pyrrole nitrogens is 1. The minimum atomic E-state index is 0.370. The molecule has 5 heteroatoms. The van der Waals surface area contributed by atoms with E-state index in [9.17, 15) is 0 Å². The van der Waals surface area contributed by atoms with Crippen LogP contribution in [0.2, 0.25) is 0 Å². The molecule has 0 amide bonds. The number of azide groups is 1. The van der Waals surface area contributed by atoms with Crippen LogP contribution in [0.5, 0.6) is 5.75 Å². The molecule has 0 atom stereocenters. The molecule has 1 aliphatic rings. The predicted molar refractivity (Wildman–Crippen MR) is 74.0 cm³/mol. The zero-order chi connectivity index (χ0) is 13.1. The van der Waals surface area contributed by atoms with Crippen molar-refractivity contribution in [2.24, 2.45) is 5.11 Å². The highest BCUT2D eigenvalue weighted by Gasteiger charge is 2.16. The topological polar surface area (TPSA) is 73.8 Å². The summed E-state index contributed by atoms with van der Waals surface area (Å²) in [6.45, 7) is 0.374. The predicted octanol–water partition coefficient (Wildman–Crippen LogP) is 4.30. The van der Waals surface area contributed by atoms with E-state index in [1.165, 1.54) is 12.8 Å². The van der Waals surface area contributed by atoms with Crippen LogP contribution in [-0.2, 0) is 6.54 Å². The van der Waals surface area contributed by atoms with E-state index in [0.717, 1.165) is 35.1 Å². The van der Waals surface area contributed by atoms with E-state index in [1.54, 1.807) is 0 Å². The molecule has 98 valence electrons. The van der Waals surface area contributed by atoms with E-state index in [1.807, 2.05) is 24.4 Å². The van der Waals surface area contributed by atoms with E-state index >= 15 is 0 Å². The fourth-order valence-electron chi connectivity index (χ4n) is 2.68. The summed E-state index contributed by atoms with van der Waals surface area (Å²) < 4.78 is 5.97. The second-order valence-corrected chi connectivity index (χ2v) is 4.93. The van der Waals surface area contributed by atoms with E-state index < -0.39 is 0 Å². The number of nitrogens with zero attached hydrogens (tertiary/aromatic N) is 3. The molecular formula is C14H16N4O. The van der Waals surface area contributed by atoms with Crippen LogP contribution >= 0.6 is 0 Å². The first-order chi connectivity index (χ1) is 9.36. The van der Waals surface area contributed by atoms with Crippen LogP contribution in [0.25, 0.3) is 21.3 Å². The average molecular weight is 256 g/mol. The fraction of sp³-hybridized carbons (Fsp3) is 0.429. The Bertz CT molecular complexity index is 621. The van der Waals surface area contributed by atoms with Gasteiger partial charge in [0.1, 0.15) is 5.75 Å². The number of benzene rings is 1. The van der Waals surface area contributed by atoms with Crippen molar-refractivity contribution in [3.05, 3.63) is 40.4 Å². The van der Waals surface area contributed by atoms with Gasteiger partial charge in [-0.3, -0.25) is 0 Å². The van der Waals surface area contributed by atoms with Gasteiger partial charge in [0, 0.05) is 28.1 Å². The first kappa shape index (κ1) is 11.9. The summed E-state index contributed by atoms with van der Waals surface area (Å²) in [6, 6.07) is 6.04. The molecule has 1 N–H and O–H groups in total. The molecule has 0 saturated heterocycles. The molecule has 0 aliphatic heterocycles. The van der Waals surface area contributed by atoms with Crippen molar-refractivity contribution >= 4 is 10.9 Å². The van der Waals surface area contributed by atoms with Gasteiger partial charge in [0.25, 0.3) is 0 Å². The number of aromatic nitrogens is 1. The van der Waals surface area contributed by atoms with E-state index in [4.69, 9.17) is 10.3 Å². The standard InChI is InChI=1S/C14H16N4O/c15-18-17-9-10-8-16-14-7-12(5-6-13(10)14)19-11-3-1-2-4-11/h5-8,11,16H,1-4,9H2. The van der Waals surface area contributed by atoms with Crippen LogP contribution < -0.4 is 4.74 Å². The molecule has 0 spiro atoms. The van der Waals surface area contributed by atoms with Gasteiger partial charge < -0.3 is 9.72 Å². The lowest BCUT2D eigenvalue weighted by atomic mass is 10.1. The fourth-order valence-corrected chi connectivity index (χ4v) is 2.68. The lowest BCUT2D eigenvalue weighted by molar-refractivity contribution is 0.210. The van der Waals surface area contributed by atoms with Gasteiger partial charge in [-0.1, -0.05) is 5.11 Å². The van der Waals surface area contributed by atoms with Crippen LogP contribution in [-0.4, -0.2) is 11.1 Å². The Morgan fingerprint density at radius 3 is 3.00 bits per heavy atom. The van der Waals surface area contributed by atoms with Crippen molar-refractivity contribution in [2.45, 2.75) is 38.3 Å². The Morgan fingerprint density at radius 2 is 2.21 bits per heavy atom. The number of hydrogen-bond donors (Lipinski definition) is 1. The summed E-state index contributed by atoms with van der Waals surface area (Å²) >= 11 is 0. The Balaban J connectivity index is 1.83. The summed E-state index contributed by atoms with van der Waals surface area (Å²) in [5.74, 6) is 0.914. The highest BCUT2D eigenvalue weighted by atomic mass is 16.5. The van der Waals surface area contributed by atoms with Crippen LogP contribution in [0.4, 0.5) is 0 Å². The largest absolute Gasteiger partial charge is 0.490 e. The molecule has 1 fully saturated rings. The molecule has 1 heterocycles. The summed E-state index contributed by atoms with van der Waals surface area (Å²) in [7, 11) is 0.